The van der Waals surface area contributed by atoms with Gasteiger partial charge in [-0.2, -0.15) is 0 Å². The summed E-state index contributed by atoms with van der Waals surface area (Å²) in [5.74, 6) is 0.831. The standard InChI is InChI=1S/C7H11NO/c1-3-5-4-6(5)7(9)8-2/h3,5-6H,1,4H2,2H3,(H,8,9)/t5-,6+/m1/s1. The smallest absolute Gasteiger partial charge is 0.223 e. The molecule has 1 amide bonds. The highest BCUT2D eigenvalue weighted by molar-refractivity contribution is 5.81. The van der Waals surface area contributed by atoms with Gasteiger partial charge in [-0.1, -0.05) is 6.08 Å². The van der Waals surface area contributed by atoms with Crippen LogP contribution in [0.4, 0.5) is 0 Å². The second-order valence-corrected chi connectivity index (χ2v) is 2.36. The highest BCUT2D eigenvalue weighted by atomic mass is 16.1. The summed E-state index contributed by atoms with van der Waals surface area (Å²) >= 11 is 0. The van der Waals surface area contributed by atoms with Crippen LogP contribution in [0.15, 0.2) is 12.7 Å². The molecule has 0 aliphatic heterocycles. The number of hydrogen-bond donors (Lipinski definition) is 1. The van der Waals surface area contributed by atoms with E-state index >= 15 is 0 Å². The van der Waals surface area contributed by atoms with Gasteiger partial charge in [0.15, 0.2) is 0 Å². The predicted octanol–water partition coefficient (Wildman–Crippen LogP) is 0.554. The van der Waals surface area contributed by atoms with Crippen molar-refractivity contribution in [1.29, 1.82) is 0 Å². The molecule has 1 fully saturated rings. The van der Waals surface area contributed by atoms with Crippen LogP contribution in [0.25, 0.3) is 0 Å². The van der Waals surface area contributed by atoms with Crippen molar-refractivity contribution in [3.8, 4) is 0 Å². The van der Waals surface area contributed by atoms with Crippen LogP contribution < -0.4 is 5.32 Å². The van der Waals surface area contributed by atoms with Crippen LogP contribution in [-0.4, -0.2) is 13.0 Å². The van der Waals surface area contributed by atoms with E-state index in [2.05, 4.69) is 11.9 Å². The Labute approximate surface area is 54.9 Å². The third-order valence-corrected chi connectivity index (χ3v) is 1.73. The second-order valence-electron chi connectivity index (χ2n) is 2.36. The van der Waals surface area contributed by atoms with E-state index < -0.39 is 0 Å². The molecule has 9 heavy (non-hydrogen) atoms. The van der Waals surface area contributed by atoms with Crippen LogP contribution in [0.2, 0.25) is 0 Å². The fourth-order valence-corrected chi connectivity index (χ4v) is 0.962. The molecule has 2 heteroatoms. The molecule has 1 aliphatic carbocycles. The molecule has 0 aromatic carbocycles. The van der Waals surface area contributed by atoms with Crippen molar-refractivity contribution in [2.75, 3.05) is 7.05 Å². The van der Waals surface area contributed by atoms with Gasteiger partial charge in [0.05, 0.1) is 0 Å². The van der Waals surface area contributed by atoms with E-state index in [1.165, 1.54) is 0 Å². The van der Waals surface area contributed by atoms with Gasteiger partial charge in [0, 0.05) is 13.0 Å². The Morgan fingerprint density at radius 3 is 2.89 bits per heavy atom. The van der Waals surface area contributed by atoms with E-state index in [4.69, 9.17) is 0 Å². The van der Waals surface area contributed by atoms with Crippen LogP contribution in [0.5, 0.6) is 0 Å². The molecule has 0 radical (unpaired) electrons. The van der Waals surface area contributed by atoms with Gasteiger partial charge in [0.1, 0.15) is 0 Å². The Morgan fingerprint density at radius 2 is 2.56 bits per heavy atom. The fraction of sp³-hybridized carbons (Fsp3) is 0.571. The molecule has 0 heterocycles. The zero-order chi connectivity index (χ0) is 6.85. The molecule has 0 bridgehead atoms. The summed E-state index contributed by atoms with van der Waals surface area (Å²) < 4.78 is 0. The maximum absolute atomic E-state index is 10.8. The van der Waals surface area contributed by atoms with Crippen LogP contribution in [0.3, 0.4) is 0 Å². The van der Waals surface area contributed by atoms with Gasteiger partial charge in [-0.3, -0.25) is 4.79 Å². The average Bonchev–Trinajstić information content (AvgIpc) is 2.64. The van der Waals surface area contributed by atoms with Crippen molar-refractivity contribution in [2.45, 2.75) is 6.42 Å². The van der Waals surface area contributed by atoms with Crippen LogP contribution in [-0.2, 0) is 4.79 Å². The van der Waals surface area contributed by atoms with E-state index in [0.717, 1.165) is 6.42 Å². The molecule has 0 spiro atoms. The number of carbonyl (C=O) groups is 1. The summed E-state index contributed by atoms with van der Waals surface area (Å²) in [6.07, 6.45) is 2.84. The Hall–Kier alpha value is -0.790. The summed E-state index contributed by atoms with van der Waals surface area (Å²) in [4.78, 5) is 10.8. The van der Waals surface area contributed by atoms with E-state index in [1.807, 2.05) is 6.08 Å². The number of allylic oxidation sites excluding steroid dienone is 1. The zero-order valence-electron chi connectivity index (χ0n) is 5.55. The number of amides is 1. The van der Waals surface area contributed by atoms with Crippen molar-refractivity contribution >= 4 is 5.91 Å². The van der Waals surface area contributed by atoms with Gasteiger partial charge in [-0.15, -0.1) is 6.58 Å². The second kappa shape index (κ2) is 2.21. The maximum atomic E-state index is 10.8. The summed E-state index contributed by atoms with van der Waals surface area (Å²) in [6, 6.07) is 0. The Kier molecular flexibility index (Phi) is 1.56. The molecule has 1 aliphatic rings. The molecule has 1 saturated carbocycles. The third kappa shape index (κ3) is 1.12. The van der Waals surface area contributed by atoms with Crippen LogP contribution >= 0.6 is 0 Å². The van der Waals surface area contributed by atoms with E-state index in [0.29, 0.717) is 5.92 Å². The summed E-state index contributed by atoms with van der Waals surface area (Å²) in [5, 5.41) is 2.60. The topological polar surface area (TPSA) is 29.1 Å². The fourth-order valence-electron chi connectivity index (χ4n) is 0.962. The van der Waals surface area contributed by atoms with Gasteiger partial charge < -0.3 is 5.32 Å². The molecule has 2 nitrogen and oxygen atoms in total. The minimum Gasteiger partial charge on any atom is -0.359 e. The summed E-state index contributed by atoms with van der Waals surface area (Å²) in [6.45, 7) is 3.61. The lowest BCUT2D eigenvalue weighted by atomic mass is 10.3. The van der Waals surface area contributed by atoms with E-state index in [9.17, 15) is 4.79 Å². The first-order valence-corrected chi connectivity index (χ1v) is 3.13. The zero-order valence-corrected chi connectivity index (χ0v) is 5.55. The normalized spacial score (nSPS) is 31.2. The van der Waals surface area contributed by atoms with Crippen molar-refractivity contribution in [1.82, 2.24) is 5.32 Å². The molecule has 0 aromatic heterocycles. The molecule has 1 rings (SSSR count). The highest BCUT2D eigenvalue weighted by Crippen LogP contribution is 2.38. The number of nitrogens with one attached hydrogen (secondary N) is 1. The molecule has 0 saturated heterocycles. The lowest BCUT2D eigenvalue weighted by Gasteiger charge is -1.92. The van der Waals surface area contributed by atoms with Gasteiger partial charge in [0.2, 0.25) is 5.91 Å². The maximum Gasteiger partial charge on any atom is 0.223 e. The average molecular weight is 125 g/mol. The van der Waals surface area contributed by atoms with Crippen LogP contribution in [0, 0.1) is 11.8 Å². The first-order chi connectivity index (χ1) is 4.29. The number of hydrogen-bond acceptors (Lipinski definition) is 1. The first-order valence-electron chi connectivity index (χ1n) is 3.13. The minimum absolute atomic E-state index is 0.153. The predicted molar refractivity (Wildman–Crippen MR) is 35.9 cm³/mol. The van der Waals surface area contributed by atoms with Gasteiger partial charge in [-0.05, 0) is 12.3 Å². The third-order valence-electron chi connectivity index (χ3n) is 1.73. The first kappa shape index (κ1) is 6.33. The molecule has 50 valence electrons. The Morgan fingerprint density at radius 1 is 1.89 bits per heavy atom. The van der Waals surface area contributed by atoms with Gasteiger partial charge in [0.25, 0.3) is 0 Å². The van der Waals surface area contributed by atoms with E-state index in [-0.39, 0.29) is 11.8 Å². The molecule has 2 atom stereocenters. The molecule has 0 aromatic rings. The SMILES string of the molecule is C=C[C@@H]1C[C@@H]1C(=O)NC. The van der Waals surface area contributed by atoms with Crippen molar-refractivity contribution in [2.24, 2.45) is 11.8 Å². The molecular weight excluding hydrogens is 114 g/mol. The summed E-state index contributed by atoms with van der Waals surface area (Å²) in [5.41, 5.74) is 0. The largest absolute Gasteiger partial charge is 0.359 e. The number of carbonyl (C=O) groups excluding carboxylic acids is 1. The van der Waals surface area contributed by atoms with Crippen molar-refractivity contribution < 1.29 is 4.79 Å². The van der Waals surface area contributed by atoms with Gasteiger partial charge in [-0.25, -0.2) is 0 Å². The van der Waals surface area contributed by atoms with Crippen molar-refractivity contribution in [3.63, 3.8) is 0 Å². The molecule has 1 N–H and O–H groups in total. The molecule has 0 unspecified atom stereocenters. The lowest BCUT2D eigenvalue weighted by Crippen LogP contribution is -2.20. The lowest BCUT2D eigenvalue weighted by molar-refractivity contribution is -0.122. The highest BCUT2D eigenvalue weighted by Gasteiger charge is 2.39. The molecular formula is C7H11NO. The quantitative estimate of drug-likeness (QED) is 0.537. The van der Waals surface area contributed by atoms with Gasteiger partial charge >= 0.3 is 0 Å². The monoisotopic (exact) mass is 125 g/mol. The minimum atomic E-state index is 0.153. The Bertz CT molecular complexity index is 142. The summed E-state index contributed by atoms with van der Waals surface area (Å²) in [7, 11) is 1.67. The number of rotatable bonds is 2. The Balaban J connectivity index is 2.33. The van der Waals surface area contributed by atoms with Crippen molar-refractivity contribution in [3.05, 3.63) is 12.7 Å². The van der Waals surface area contributed by atoms with E-state index in [1.54, 1.807) is 7.05 Å². The van der Waals surface area contributed by atoms with Crippen LogP contribution in [0.1, 0.15) is 6.42 Å².